The Hall–Kier alpha value is -3.02. The molecule has 2 aliphatic rings. The standard InChI is InChI=1S/C21H22N2O4/c1-12-7-9-18(27-3)21-19(12)14-5-4-6-15(14)20(22-21)13-8-10-17(26-2)16(11-13)23(24)25/h4-5,7-11,14-15,20,22H,6H2,1-3H3/t14-,15+,20-/m1/s1. The van der Waals surface area contributed by atoms with E-state index >= 15 is 0 Å². The molecule has 4 rings (SSSR count). The normalized spacial score (nSPS) is 22.6. The molecule has 6 nitrogen and oxygen atoms in total. The van der Waals surface area contributed by atoms with Crippen LogP contribution < -0.4 is 14.8 Å². The first-order valence-corrected chi connectivity index (χ1v) is 8.98. The summed E-state index contributed by atoms with van der Waals surface area (Å²) in [6.45, 7) is 2.11. The van der Waals surface area contributed by atoms with Gasteiger partial charge in [0, 0.05) is 12.0 Å². The molecular formula is C21H22N2O4. The fraction of sp³-hybridized carbons (Fsp3) is 0.333. The molecule has 2 aromatic carbocycles. The number of fused-ring (bicyclic) bond motifs is 3. The van der Waals surface area contributed by atoms with Crippen molar-refractivity contribution in [3.05, 3.63) is 69.3 Å². The van der Waals surface area contributed by atoms with E-state index in [-0.39, 0.29) is 23.4 Å². The SMILES string of the molecule is COc1ccc([C@H]2Nc3c(OC)ccc(C)c3[C@@H]3C=CC[C@H]23)cc1[N+](=O)[O-]. The highest BCUT2D eigenvalue weighted by molar-refractivity contribution is 5.70. The van der Waals surface area contributed by atoms with Gasteiger partial charge in [-0.3, -0.25) is 10.1 Å². The van der Waals surface area contributed by atoms with Crippen molar-refractivity contribution in [1.82, 2.24) is 0 Å². The van der Waals surface area contributed by atoms with Gasteiger partial charge in [0.15, 0.2) is 5.75 Å². The first-order valence-electron chi connectivity index (χ1n) is 8.98. The van der Waals surface area contributed by atoms with Crippen LogP contribution in [0.25, 0.3) is 0 Å². The monoisotopic (exact) mass is 366 g/mol. The average molecular weight is 366 g/mol. The Bertz CT molecular complexity index is 938. The lowest BCUT2D eigenvalue weighted by Crippen LogP contribution is -2.30. The molecule has 0 bridgehead atoms. The third-order valence-corrected chi connectivity index (χ3v) is 5.68. The Morgan fingerprint density at radius 1 is 1.15 bits per heavy atom. The lowest BCUT2D eigenvalue weighted by molar-refractivity contribution is -0.385. The van der Waals surface area contributed by atoms with E-state index in [1.807, 2.05) is 12.1 Å². The number of nitro benzene ring substituents is 1. The second-order valence-corrected chi connectivity index (χ2v) is 7.04. The Labute approximate surface area is 158 Å². The topological polar surface area (TPSA) is 73.6 Å². The van der Waals surface area contributed by atoms with Gasteiger partial charge in [-0.15, -0.1) is 0 Å². The van der Waals surface area contributed by atoms with Crippen LogP contribution in [0.1, 0.15) is 35.1 Å². The number of nitrogens with zero attached hydrogens (tertiary/aromatic N) is 1. The van der Waals surface area contributed by atoms with Crippen molar-refractivity contribution in [1.29, 1.82) is 0 Å². The van der Waals surface area contributed by atoms with Crippen LogP contribution in [-0.2, 0) is 0 Å². The van der Waals surface area contributed by atoms with Gasteiger partial charge in [0.2, 0.25) is 0 Å². The Morgan fingerprint density at radius 3 is 2.59 bits per heavy atom. The quantitative estimate of drug-likeness (QED) is 0.480. The third kappa shape index (κ3) is 2.72. The number of nitrogens with one attached hydrogen (secondary N) is 1. The van der Waals surface area contributed by atoms with Crippen molar-refractivity contribution in [3.8, 4) is 11.5 Å². The van der Waals surface area contributed by atoms with E-state index in [4.69, 9.17) is 9.47 Å². The van der Waals surface area contributed by atoms with Crippen molar-refractivity contribution in [2.24, 2.45) is 5.92 Å². The summed E-state index contributed by atoms with van der Waals surface area (Å²) in [7, 11) is 3.11. The molecule has 0 saturated carbocycles. The first kappa shape index (κ1) is 17.4. The van der Waals surface area contributed by atoms with Gasteiger partial charge >= 0.3 is 5.69 Å². The molecular weight excluding hydrogens is 344 g/mol. The lowest BCUT2D eigenvalue weighted by atomic mass is 9.75. The van der Waals surface area contributed by atoms with Crippen LogP contribution in [0, 0.1) is 23.0 Å². The minimum Gasteiger partial charge on any atom is -0.495 e. The van der Waals surface area contributed by atoms with Crippen LogP contribution >= 0.6 is 0 Å². The predicted molar refractivity (Wildman–Crippen MR) is 104 cm³/mol. The van der Waals surface area contributed by atoms with Gasteiger partial charge in [-0.1, -0.05) is 24.3 Å². The van der Waals surface area contributed by atoms with E-state index in [0.717, 1.165) is 23.4 Å². The molecule has 140 valence electrons. The maximum absolute atomic E-state index is 11.5. The number of rotatable bonds is 4. The predicted octanol–water partition coefficient (Wildman–Crippen LogP) is 4.75. The van der Waals surface area contributed by atoms with E-state index in [1.165, 1.54) is 18.2 Å². The van der Waals surface area contributed by atoms with Crippen LogP contribution in [0.15, 0.2) is 42.5 Å². The van der Waals surface area contributed by atoms with Gasteiger partial charge in [0.1, 0.15) is 5.75 Å². The van der Waals surface area contributed by atoms with E-state index in [0.29, 0.717) is 5.92 Å². The number of aryl methyl sites for hydroxylation is 1. The number of nitro groups is 1. The largest absolute Gasteiger partial charge is 0.495 e. The molecule has 1 heterocycles. The molecule has 0 aromatic heterocycles. The van der Waals surface area contributed by atoms with Crippen molar-refractivity contribution in [2.45, 2.75) is 25.3 Å². The minimum absolute atomic E-state index is 0.0127. The molecule has 0 spiro atoms. The summed E-state index contributed by atoms with van der Waals surface area (Å²) in [4.78, 5) is 11.1. The van der Waals surface area contributed by atoms with Crippen molar-refractivity contribution < 1.29 is 14.4 Å². The highest BCUT2D eigenvalue weighted by Gasteiger charge is 2.40. The van der Waals surface area contributed by atoms with Crippen LogP contribution in [0.4, 0.5) is 11.4 Å². The van der Waals surface area contributed by atoms with Gasteiger partial charge in [-0.2, -0.15) is 0 Å². The zero-order valence-electron chi connectivity index (χ0n) is 15.6. The van der Waals surface area contributed by atoms with Crippen molar-refractivity contribution >= 4 is 11.4 Å². The summed E-state index contributed by atoms with van der Waals surface area (Å²) < 4.78 is 10.7. The van der Waals surface area contributed by atoms with E-state index < -0.39 is 4.92 Å². The lowest BCUT2D eigenvalue weighted by Gasteiger charge is -2.39. The van der Waals surface area contributed by atoms with Gasteiger partial charge in [0.25, 0.3) is 0 Å². The van der Waals surface area contributed by atoms with Crippen molar-refractivity contribution in [2.75, 3.05) is 19.5 Å². The highest BCUT2D eigenvalue weighted by Crippen LogP contribution is 2.53. The first-order chi connectivity index (χ1) is 13.0. The summed E-state index contributed by atoms with van der Waals surface area (Å²) in [5, 5.41) is 15.1. The van der Waals surface area contributed by atoms with Crippen LogP contribution in [0.5, 0.6) is 11.5 Å². The Balaban J connectivity index is 1.83. The second kappa shape index (κ2) is 6.61. The van der Waals surface area contributed by atoms with Crippen LogP contribution in [0.2, 0.25) is 0 Å². The molecule has 1 aliphatic heterocycles. The number of hydrogen-bond donors (Lipinski definition) is 1. The smallest absolute Gasteiger partial charge is 0.311 e. The number of ether oxygens (including phenoxy) is 2. The number of hydrogen-bond acceptors (Lipinski definition) is 5. The van der Waals surface area contributed by atoms with E-state index in [1.54, 1.807) is 19.2 Å². The van der Waals surface area contributed by atoms with Gasteiger partial charge < -0.3 is 14.8 Å². The van der Waals surface area contributed by atoms with Crippen molar-refractivity contribution in [3.63, 3.8) is 0 Å². The zero-order chi connectivity index (χ0) is 19.1. The average Bonchev–Trinajstić information content (AvgIpc) is 3.16. The molecule has 6 heteroatoms. The number of allylic oxidation sites excluding steroid dienone is 2. The second-order valence-electron chi connectivity index (χ2n) is 7.04. The van der Waals surface area contributed by atoms with Crippen LogP contribution in [-0.4, -0.2) is 19.1 Å². The number of methoxy groups -OCH3 is 2. The van der Waals surface area contributed by atoms with E-state index in [9.17, 15) is 10.1 Å². The fourth-order valence-corrected chi connectivity index (χ4v) is 4.41. The summed E-state index contributed by atoms with van der Waals surface area (Å²) in [5.74, 6) is 1.63. The summed E-state index contributed by atoms with van der Waals surface area (Å²) >= 11 is 0. The Kier molecular flexibility index (Phi) is 4.26. The molecule has 1 aliphatic carbocycles. The van der Waals surface area contributed by atoms with Gasteiger partial charge in [-0.25, -0.2) is 0 Å². The number of anilines is 1. The highest BCUT2D eigenvalue weighted by atomic mass is 16.6. The third-order valence-electron chi connectivity index (χ3n) is 5.68. The molecule has 3 atom stereocenters. The molecule has 2 aromatic rings. The summed E-state index contributed by atoms with van der Waals surface area (Å²) in [6.07, 6.45) is 5.38. The zero-order valence-corrected chi connectivity index (χ0v) is 15.6. The molecule has 0 unspecified atom stereocenters. The molecule has 0 amide bonds. The molecule has 0 saturated heterocycles. The van der Waals surface area contributed by atoms with Crippen LogP contribution in [0.3, 0.4) is 0 Å². The number of benzene rings is 2. The maximum Gasteiger partial charge on any atom is 0.311 e. The van der Waals surface area contributed by atoms with Gasteiger partial charge in [0.05, 0.1) is 30.9 Å². The van der Waals surface area contributed by atoms with E-state index in [2.05, 4.69) is 30.5 Å². The summed E-state index contributed by atoms with van der Waals surface area (Å²) in [6, 6.07) is 9.22. The Morgan fingerprint density at radius 2 is 1.89 bits per heavy atom. The maximum atomic E-state index is 11.5. The summed E-state index contributed by atoms with van der Waals surface area (Å²) in [5.41, 5.74) is 4.33. The molecule has 0 fully saturated rings. The van der Waals surface area contributed by atoms with Gasteiger partial charge in [-0.05, 0) is 48.1 Å². The molecule has 0 radical (unpaired) electrons. The fourth-order valence-electron chi connectivity index (χ4n) is 4.41. The molecule has 27 heavy (non-hydrogen) atoms. The molecule has 1 N–H and O–H groups in total. The minimum atomic E-state index is -0.395.